The molecule has 0 unspecified atom stereocenters. The SMILES string of the molecule is N=C(N)c1ccc2cc(C(=O)Nc3ccc(N)cc3)n(Cc3cc(Oc4ccsc4)cc4ccccc34)c2c1. The van der Waals surface area contributed by atoms with Crippen LogP contribution in [0.1, 0.15) is 21.6 Å². The fourth-order valence-electron chi connectivity index (χ4n) is 4.71. The molecule has 0 fully saturated rings. The van der Waals surface area contributed by atoms with E-state index in [0.29, 0.717) is 29.2 Å². The number of benzene rings is 4. The third-order valence-electron chi connectivity index (χ3n) is 6.60. The van der Waals surface area contributed by atoms with Crippen LogP contribution in [-0.4, -0.2) is 16.3 Å². The fourth-order valence-corrected chi connectivity index (χ4v) is 5.26. The Kier molecular flexibility index (Phi) is 6.22. The number of thiophene rings is 1. The van der Waals surface area contributed by atoms with E-state index in [1.807, 2.05) is 63.9 Å². The highest BCUT2D eigenvalue weighted by Gasteiger charge is 2.19. The predicted molar refractivity (Wildman–Crippen MR) is 159 cm³/mol. The van der Waals surface area contributed by atoms with Crippen LogP contribution in [0.2, 0.25) is 0 Å². The first-order valence-electron chi connectivity index (χ1n) is 12.3. The number of amidine groups is 1. The van der Waals surface area contributed by atoms with E-state index in [0.717, 1.165) is 38.7 Å². The van der Waals surface area contributed by atoms with Crippen molar-refractivity contribution < 1.29 is 9.53 Å². The normalized spacial score (nSPS) is 11.1. The molecule has 6 N–H and O–H groups in total. The molecular formula is C31H25N5O2S. The number of aromatic nitrogens is 1. The van der Waals surface area contributed by atoms with Crippen LogP contribution >= 0.6 is 11.3 Å². The quantitative estimate of drug-likeness (QED) is 0.103. The summed E-state index contributed by atoms with van der Waals surface area (Å²) in [6.45, 7) is 0.400. The minimum atomic E-state index is -0.254. The molecule has 7 nitrogen and oxygen atoms in total. The molecule has 0 aliphatic heterocycles. The monoisotopic (exact) mass is 531 g/mol. The summed E-state index contributed by atoms with van der Waals surface area (Å²) < 4.78 is 8.12. The zero-order valence-corrected chi connectivity index (χ0v) is 21.7. The van der Waals surface area contributed by atoms with Gasteiger partial charge in [-0.25, -0.2) is 0 Å². The number of anilines is 2. The van der Waals surface area contributed by atoms with Crippen LogP contribution < -0.4 is 21.5 Å². The minimum absolute atomic E-state index is 0.0332. The minimum Gasteiger partial charge on any atom is -0.456 e. The molecular weight excluding hydrogens is 506 g/mol. The van der Waals surface area contributed by atoms with Gasteiger partial charge in [0.2, 0.25) is 0 Å². The molecule has 0 aliphatic carbocycles. The molecule has 39 heavy (non-hydrogen) atoms. The summed E-state index contributed by atoms with van der Waals surface area (Å²) in [5.74, 6) is 1.21. The maximum absolute atomic E-state index is 13.6. The van der Waals surface area contributed by atoms with Crippen LogP contribution in [0.5, 0.6) is 11.5 Å². The number of amides is 1. The van der Waals surface area contributed by atoms with Gasteiger partial charge in [-0.1, -0.05) is 36.4 Å². The van der Waals surface area contributed by atoms with Crippen molar-refractivity contribution in [2.75, 3.05) is 11.1 Å². The molecule has 192 valence electrons. The summed E-state index contributed by atoms with van der Waals surface area (Å²) >= 11 is 1.57. The standard InChI is InChI=1S/C31H25N5O2S/c32-23-7-9-24(10-8-23)35-31(37)29-15-20-5-6-21(30(33)34)16-28(20)36(29)17-22-14-26(38-25-11-12-39-18-25)13-19-3-1-2-4-27(19)22/h1-16,18H,17,32H2,(H3,33,34)(H,35,37). The third kappa shape index (κ3) is 4.93. The summed E-state index contributed by atoms with van der Waals surface area (Å²) in [4.78, 5) is 13.6. The van der Waals surface area contributed by atoms with E-state index in [2.05, 4.69) is 17.4 Å². The van der Waals surface area contributed by atoms with Crippen molar-refractivity contribution in [2.45, 2.75) is 6.54 Å². The Labute approximate surface area is 228 Å². The lowest BCUT2D eigenvalue weighted by atomic mass is 10.0. The second-order valence-electron chi connectivity index (χ2n) is 9.24. The van der Waals surface area contributed by atoms with Gasteiger partial charge in [-0.05, 0) is 76.3 Å². The topological polar surface area (TPSA) is 119 Å². The maximum atomic E-state index is 13.6. The second-order valence-corrected chi connectivity index (χ2v) is 10.0. The highest BCUT2D eigenvalue weighted by atomic mass is 32.1. The van der Waals surface area contributed by atoms with Crippen molar-refractivity contribution in [2.24, 2.45) is 5.73 Å². The largest absolute Gasteiger partial charge is 0.456 e. The van der Waals surface area contributed by atoms with Gasteiger partial charge in [0.25, 0.3) is 5.91 Å². The van der Waals surface area contributed by atoms with Crippen molar-refractivity contribution in [3.8, 4) is 11.5 Å². The third-order valence-corrected chi connectivity index (χ3v) is 7.26. The number of nitrogen functional groups attached to an aromatic ring is 2. The number of carbonyl (C=O) groups excluding carboxylic acids is 1. The molecule has 2 aromatic heterocycles. The zero-order valence-electron chi connectivity index (χ0n) is 20.8. The highest BCUT2D eigenvalue weighted by Crippen LogP contribution is 2.32. The molecule has 4 aromatic carbocycles. The van der Waals surface area contributed by atoms with Gasteiger partial charge < -0.3 is 26.1 Å². The smallest absolute Gasteiger partial charge is 0.272 e. The predicted octanol–water partition coefficient (Wildman–Crippen LogP) is 6.82. The molecule has 0 atom stereocenters. The molecule has 0 radical (unpaired) electrons. The number of rotatable bonds is 7. The molecule has 2 heterocycles. The summed E-state index contributed by atoms with van der Waals surface area (Å²) in [7, 11) is 0. The van der Waals surface area contributed by atoms with E-state index in [-0.39, 0.29) is 11.7 Å². The lowest BCUT2D eigenvalue weighted by molar-refractivity contribution is 0.101. The summed E-state index contributed by atoms with van der Waals surface area (Å²) in [6, 6.07) is 28.5. The van der Waals surface area contributed by atoms with Gasteiger partial charge >= 0.3 is 0 Å². The Hall–Kier alpha value is -5.08. The lowest BCUT2D eigenvalue weighted by Gasteiger charge is -2.15. The molecule has 0 saturated carbocycles. The van der Waals surface area contributed by atoms with E-state index < -0.39 is 0 Å². The molecule has 0 saturated heterocycles. The number of ether oxygens (including phenoxy) is 1. The Bertz CT molecular complexity index is 1840. The van der Waals surface area contributed by atoms with Crippen molar-refractivity contribution >= 4 is 56.1 Å². The summed E-state index contributed by atoms with van der Waals surface area (Å²) in [6.07, 6.45) is 0. The first-order chi connectivity index (χ1) is 18.9. The van der Waals surface area contributed by atoms with Gasteiger partial charge in [0.1, 0.15) is 23.0 Å². The van der Waals surface area contributed by atoms with Gasteiger partial charge in [-0.2, -0.15) is 0 Å². The molecule has 1 amide bonds. The Balaban J connectivity index is 1.48. The number of nitrogens with two attached hydrogens (primary N) is 2. The van der Waals surface area contributed by atoms with Crippen LogP contribution in [0.15, 0.2) is 102 Å². The summed E-state index contributed by atoms with van der Waals surface area (Å²) in [5, 5.41) is 17.8. The number of hydrogen-bond acceptors (Lipinski definition) is 5. The molecule has 0 spiro atoms. The van der Waals surface area contributed by atoms with Gasteiger partial charge in [0.05, 0.1) is 0 Å². The first-order valence-corrected chi connectivity index (χ1v) is 13.3. The van der Waals surface area contributed by atoms with Gasteiger partial charge in [0, 0.05) is 39.8 Å². The van der Waals surface area contributed by atoms with E-state index >= 15 is 0 Å². The van der Waals surface area contributed by atoms with E-state index in [1.165, 1.54) is 0 Å². The van der Waals surface area contributed by atoms with Crippen LogP contribution in [0.25, 0.3) is 21.7 Å². The van der Waals surface area contributed by atoms with Crippen molar-refractivity contribution in [1.82, 2.24) is 4.57 Å². The number of nitrogens with zero attached hydrogens (tertiary/aromatic N) is 1. The number of fused-ring (bicyclic) bond motifs is 2. The van der Waals surface area contributed by atoms with Crippen LogP contribution in [0.3, 0.4) is 0 Å². The summed E-state index contributed by atoms with van der Waals surface area (Å²) in [5.41, 5.74) is 15.8. The molecule has 6 rings (SSSR count). The van der Waals surface area contributed by atoms with Crippen LogP contribution in [0, 0.1) is 5.41 Å². The number of nitrogens with one attached hydrogen (secondary N) is 2. The van der Waals surface area contributed by atoms with Gasteiger partial charge in [0.15, 0.2) is 0 Å². The van der Waals surface area contributed by atoms with E-state index in [1.54, 1.807) is 41.7 Å². The highest BCUT2D eigenvalue weighted by molar-refractivity contribution is 7.08. The van der Waals surface area contributed by atoms with Gasteiger partial charge in [-0.3, -0.25) is 10.2 Å². The van der Waals surface area contributed by atoms with E-state index in [4.69, 9.17) is 21.6 Å². The maximum Gasteiger partial charge on any atom is 0.272 e. The Morgan fingerprint density at radius 3 is 2.51 bits per heavy atom. The molecule has 0 aliphatic rings. The Morgan fingerprint density at radius 1 is 0.923 bits per heavy atom. The first kappa shape index (κ1) is 24.3. The lowest BCUT2D eigenvalue weighted by Crippen LogP contribution is -2.18. The van der Waals surface area contributed by atoms with Crippen LogP contribution in [0.4, 0.5) is 11.4 Å². The zero-order chi connectivity index (χ0) is 26.9. The number of carbonyl (C=O) groups is 1. The average molecular weight is 532 g/mol. The molecule has 8 heteroatoms. The van der Waals surface area contributed by atoms with Crippen molar-refractivity contribution in [1.29, 1.82) is 5.41 Å². The van der Waals surface area contributed by atoms with Gasteiger partial charge in [-0.15, -0.1) is 11.3 Å². The average Bonchev–Trinajstić information content (AvgIpc) is 3.57. The van der Waals surface area contributed by atoms with Crippen molar-refractivity contribution in [3.05, 3.63) is 119 Å². The fraction of sp³-hybridized carbons (Fsp3) is 0.0323. The second kappa shape index (κ2) is 10.00. The van der Waals surface area contributed by atoms with Crippen LogP contribution in [-0.2, 0) is 6.54 Å². The molecule has 0 bridgehead atoms. The number of hydrogen-bond donors (Lipinski definition) is 4. The Morgan fingerprint density at radius 2 is 1.74 bits per heavy atom. The van der Waals surface area contributed by atoms with E-state index in [9.17, 15) is 4.79 Å². The van der Waals surface area contributed by atoms with Crippen molar-refractivity contribution in [3.63, 3.8) is 0 Å². The molecule has 6 aromatic rings.